The van der Waals surface area contributed by atoms with Crippen LogP contribution in [0, 0.1) is 0 Å². The Morgan fingerprint density at radius 2 is 1.71 bits per heavy atom. The summed E-state index contributed by atoms with van der Waals surface area (Å²) in [6.45, 7) is 4.19. The predicted octanol–water partition coefficient (Wildman–Crippen LogP) is 1.74. The molecule has 136 valence electrons. The summed E-state index contributed by atoms with van der Waals surface area (Å²) in [7, 11) is 3.23. The number of aliphatic imine (C=N–C) groups is 1. The van der Waals surface area contributed by atoms with E-state index in [2.05, 4.69) is 4.99 Å². The van der Waals surface area contributed by atoms with Crippen molar-refractivity contribution in [3.63, 3.8) is 0 Å². The average Bonchev–Trinajstić information content (AvgIpc) is 2.61. The number of guanidine groups is 1. The van der Waals surface area contributed by atoms with Gasteiger partial charge in [-0.25, -0.2) is 0 Å². The van der Waals surface area contributed by atoms with E-state index < -0.39 is 0 Å². The number of ether oxygens (including phenoxy) is 4. The Bertz CT molecular complexity index is 500. The van der Waals surface area contributed by atoms with E-state index in [1.54, 1.807) is 20.3 Å². The first-order valence-corrected chi connectivity index (χ1v) is 7.71. The molecule has 2 N–H and O–H groups in total. The van der Waals surface area contributed by atoms with Crippen LogP contribution in [-0.4, -0.2) is 64.5 Å². The van der Waals surface area contributed by atoms with Gasteiger partial charge in [-0.2, -0.15) is 0 Å². The first-order valence-electron chi connectivity index (χ1n) is 7.71. The second-order valence-electron chi connectivity index (χ2n) is 5.09. The maximum absolute atomic E-state index is 5.96. The van der Waals surface area contributed by atoms with Gasteiger partial charge in [-0.05, 0) is 0 Å². The molecule has 0 aliphatic carbocycles. The Morgan fingerprint density at radius 1 is 1.12 bits per heavy atom. The molecule has 1 aliphatic rings. The van der Waals surface area contributed by atoms with Crippen molar-refractivity contribution in [2.45, 2.75) is 6.42 Å². The van der Waals surface area contributed by atoms with Gasteiger partial charge in [0.2, 0.25) is 0 Å². The van der Waals surface area contributed by atoms with Crippen molar-refractivity contribution in [1.82, 2.24) is 4.90 Å². The van der Waals surface area contributed by atoms with Gasteiger partial charge < -0.3 is 29.6 Å². The van der Waals surface area contributed by atoms with Crippen LogP contribution in [0.15, 0.2) is 23.2 Å². The number of hydrogen-bond donors (Lipinski definition) is 1. The number of halogens is 1. The summed E-state index contributed by atoms with van der Waals surface area (Å²) < 4.78 is 21.4. The molecule has 0 atom stereocenters. The van der Waals surface area contributed by atoms with Gasteiger partial charge in [-0.1, -0.05) is 0 Å². The molecule has 1 aliphatic heterocycles. The van der Waals surface area contributed by atoms with E-state index in [4.69, 9.17) is 24.7 Å². The average molecular weight is 451 g/mol. The Labute approximate surface area is 160 Å². The SMILES string of the molecule is COc1cc(OC)cc(OCCCN=C(N)N2CCOCC2)c1.I. The van der Waals surface area contributed by atoms with Gasteiger partial charge in [0.05, 0.1) is 34.0 Å². The summed E-state index contributed by atoms with van der Waals surface area (Å²) in [4.78, 5) is 6.42. The van der Waals surface area contributed by atoms with Crippen molar-refractivity contribution in [3.8, 4) is 17.2 Å². The zero-order valence-corrected chi connectivity index (χ0v) is 16.5. The minimum Gasteiger partial charge on any atom is -0.496 e. The highest BCUT2D eigenvalue weighted by atomic mass is 127. The second kappa shape index (κ2) is 11.2. The normalized spacial score (nSPS) is 14.8. The summed E-state index contributed by atoms with van der Waals surface area (Å²) in [5, 5.41) is 0. The molecule has 1 fully saturated rings. The Balaban J connectivity index is 0.00000288. The Kier molecular flexibility index (Phi) is 9.62. The van der Waals surface area contributed by atoms with E-state index in [9.17, 15) is 0 Å². The van der Waals surface area contributed by atoms with Crippen LogP contribution in [0.3, 0.4) is 0 Å². The lowest BCUT2D eigenvalue weighted by Crippen LogP contribution is -2.44. The van der Waals surface area contributed by atoms with Crippen molar-refractivity contribution in [2.24, 2.45) is 10.7 Å². The van der Waals surface area contributed by atoms with Crippen LogP contribution in [0.5, 0.6) is 17.2 Å². The number of benzene rings is 1. The van der Waals surface area contributed by atoms with E-state index in [1.807, 2.05) is 17.0 Å². The number of rotatable bonds is 7. The fraction of sp³-hybridized carbons (Fsp3) is 0.562. The quantitative estimate of drug-likeness (QED) is 0.295. The van der Waals surface area contributed by atoms with E-state index in [-0.39, 0.29) is 24.0 Å². The zero-order valence-electron chi connectivity index (χ0n) is 14.2. The number of nitrogens with two attached hydrogens (primary N) is 1. The summed E-state index contributed by atoms with van der Waals surface area (Å²) in [6, 6.07) is 5.46. The van der Waals surface area contributed by atoms with Crippen LogP contribution in [-0.2, 0) is 4.74 Å². The molecule has 8 heteroatoms. The Hall–Kier alpha value is -1.42. The molecule has 0 saturated carbocycles. The maximum atomic E-state index is 5.96. The molecule has 1 heterocycles. The zero-order chi connectivity index (χ0) is 16.5. The second-order valence-corrected chi connectivity index (χ2v) is 5.09. The number of nitrogens with zero attached hydrogens (tertiary/aromatic N) is 2. The third kappa shape index (κ3) is 6.60. The molecule has 0 aromatic heterocycles. The van der Waals surface area contributed by atoms with Crippen LogP contribution in [0.2, 0.25) is 0 Å². The summed E-state index contributed by atoms with van der Waals surface area (Å²) in [5.74, 6) is 2.70. The van der Waals surface area contributed by atoms with E-state index in [0.29, 0.717) is 49.6 Å². The maximum Gasteiger partial charge on any atom is 0.191 e. The Morgan fingerprint density at radius 3 is 2.29 bits per heavy atom. The first-order chi connectivity index (χ1) is 11.2. The van der Waals surface area contributed by atoms with Crippen LogP contribution in [0.25, 0.3) is 0 Å². The highest BCUT2D eigenvalue weighted by Crippen LogP contribution is 2.27. The van der Waals surface area contributed by atoms with Crippen molar-refractivity contribution >= 4 is 29.9 Å². The van der Waals surface area contributed by atoms with Crippen LogP contribution < -0.4 is 19.9 Å². The smallest absolute Gasteiger partial charge is 0.191 e. The lowest BCUT2D eigenvalue weighted by atomic mass is 10.3. The standard InChI is InChI=1S/C16H25N3O4.HI/c1-20-13-10-14(21-2)12-15(11-13)23-7-3-4-18-16(17)19-5-8-22-9-6-19;/h10-12H,3-9H2,1-2H3,(H2,17,18);1H. The lowest BCUT2D eigenvalue weighted by molar-refractivity contribution is 0.0674. The first kappa shape index (κ1) is 20.6. The van der Waals surface area contributed by atoms with Crippen molar-refractivity contribution in [1.29, 1.82) is 0 Å². The predicted molar refractivity (Wildman–Crippen MR) is 104 cm³/mol. The van der Waals surface area contributed by atoms with Gasteiger partial charge in [0, 0.05) is 44.3 Å². The van der Waals surface area contributed by atoms with E-state index in [0.717, 1.165) is 19.5 Å². The van der Waals surface area contributed by atoms with E-state index >= 15 is 0 Å². The van der Waals surface area contributed by atoms with Crippen molar-refractivity contribution < 1.29 is 18.9 Å². The molecule has 24 heavy (non-hydrogen) atoms. The summed E-state index contributed by atoms with van der Waals surface area (Å²) >= 11 is 0. The third-order valence-electron chi connectivity index (χ3n) is 3.51. The largest absolute Gasteiger partial charge is 0.496 e. The monoisotopic (exact) mass is 451 g/mol. The molecule has 0 amide bonds. The molecule has 1 aromatic rings. The fourth-order valence-corrected chi connectivity index (χ4v) is 2.21. The van der Waals surface area contributed by atoms with Crippen molar-refractivity contribution in [2.75, 3.05) is 53.7 Å². The highest BCUT2D eigenvalue weighted by molar-refractivity contribution is 14.0. The molecule has 1 saturated heterocycles. The van der Waals surface area contributed by atoms with Gasteiger partial charge in [0.15, 0.2) is 5.96 Å². The minimum atomic E-state index is 0. The van der Waals surface area contributed by atoms with Gasteiger partial charge in [0.1, 0.15) is 17.2 Å². The molecule has 7 nitrogen and oxygen atoms in total. The van der Waals surface area contributed by atoms with Gasteiger partial charge in [-0.3, -0.25) is 4.99 Å². The molecule has 0 spiro atoms. The minimum absolute atomic E-state index is 0. The van der Waals surface area contributed by atoms with Gasteiger partial charge in [0.25, 0.3) is 0 Å². The summed E-state index contributed by atoms with van der Waals surface area (Å²) in [6.07, 6.45) is 0.782. The van der Waals surface area contributed by atoms with Gasteiger partial charge in [-0.15, -0.1) is 24.0 Å². The third-order valence-corrected chi connectivity index (χ3v) is 3.51. The van der Waals surface area contributed by atoms with Gasteiger partial charge >= 0.3 is 0 Å². The molecular weight excluding hydrogens is 425 g/mol. The van der Waals surface area contributed by atoms with E-state index in [1.165, 1.54) is 0 Å². The topological polar surface area (TPSA) is 78.5 Å². The number of hydrogen-bond acceptors (Lipinski definition) is 5. The van der Waals surface area contributed by atoms with Crippen LogP contribution in [0.4, 0.5) is 0 Å². The summed E-state index contributed by atoms with van der Waals surface area (Å²) in [5.41, 5.74) is 5.96. The lowest BCUT2D eigenvalue weighted by Gasteiger charge is -2.27. The van der Waals surface area contributed by atoms with Crippen molar-refractivity contribution in [3.05, 3.63) is 18.2 Å². The number of morpholine rings is 1. The molecule has 0 radical (unpaired) electrons. The number of methoxy groups -OCH3 is 2. The molecule has 0 bridgehead atoms. The van der Waals surface area contributed by atoms with Crippen LogP contribution >= 0.6 is 24.0 Å². The molecule has 1 aromatic carbocycles. The van der Waals surface area contributed by atoms with Crippen LogP contribution in [0.1, 0.15) is 6.42 Å². The molecule has 0 unspecified atom stereocenters. The highest BCUT2D eigenvalue weighted by Gasteiger charge is 2.11. The molecular formula is C16H26IN3O4. The fourth-order valence-electron chi connectivity index (χ4n) is 2.21. The molecule has 2 rings (SSSR count).